The molecule has 5 rings (SSSR count). The van der Waals surface area contributed by atoms with E-state index in [1.807, 2.05) is 103 Å². The standard InChI is InChI=1S/C30H24N2O2/c1-2-22-16-18-25(19-17-22)32-29(24-11-5-3-6-12-24)31-28(30(32)33)21-23-10-9-15-27(20-23)34-26-13-7-4-8-14-26/h3-21H,2H2,1H3. The summed E-state index contributed by atoms with van der Waals surface area (Å²) in [6.07, 6.45) is 2.75. The van der Waals surface area contributed by atoms with E-state index in [1.54, 1.807) is 4.90 Å². The summed E-state index contributed by atoms with van der Waals surface area (Å²) in [6.45, 7) is 2.11. The van der Waals surface area contributed by atoms with Crippen molar-refractivity contribution in [3.8, 4) is 11.5 Å². The second-order valence-corrected chi connectivity index (χ2v) is 7.98. The van der Waals surface area contributed by atoms with Gasteiger partial charge < -0.3 is 4.74 Å². The van der Waals surface area contributed by atoms with Gasteiger partial charge in [-0.05, 0) is 60.0 Å². The summed E-state index contributed by atoms with van der Waals surface area (Å²) in [5.74, 6) is 1.93. The van der Waals surface area contributed by atoms with E-state index < -0.39 is 0 Å². The highest BCUT2D eigenvalue weighted by Crippen LogP contribution is 2.29. The van der Waals surface area contributed by atoms with Gasteiger partial charge in [-0.2, -0.15) is 0 Å². The second kappa shape index (κ2) is 9.59. The molecule has 4 aromatic carbocycles. The van der Waals surface area contributed by atoms with Gasteiger partial charge in [-0.3, -0.25) is 9.69 Å². The first-order valence-electron chi connectivity index (χ1n) is 11.3. The van der Waals surface area contributed by atoms with Crippen molar-refractivity contribution in [2.24, 2.45) is 4.99 Å². The molecule has 0 unspecified atom stereocenters. The Morgan fingerprint density at radius 2 is 1.47 bits per heavy atom. The van der Waals surface area contributed by atoms with Crippen LogP contribution in [-0.4, -0.2) is 11.7 Å². The minimum absolute atomic E-state index is 0.155. The number of anilines is 1. The lowest BCUT2D eigenvalue weighted by Gasteiger charge is -2.19. The van der Waals surface area contributed by atoms with E-state index in [-0.39, 0.29) is 5.91 Å². The first kappa shape index (κ1) is 21.4. The van der Waals surface area contributed by atoms with E-state index in [4.69, 9.17) is 9.73 Å². The number of nitrogens with zero attached hydrogens (tertiary/aromatic N) is 2. The number of ether oxygens (including phenoxy) is 1. The summed E-state index contributed by atoms with van der Waals surface area (Å²) in [4.78, 5) is 20.0. The summed E-state index contributed by atoms with van der Waals surface area (Å²) < 4.78 is 5.95. The van der Waals surface area contributed by atoms with E-state index in [0.717, 1.165) is 29.0 Å². The van der Waals surface area contributed by atoms with Crippen LogP contribution in [0.4, 0.5) is 5.69 Å². The Bertz CT molecular complexity index is 1360. The molecule has 0 saturated carbocycles. The number of amidine groups is 1. The molecule has 1 aliphatic rings. The smallest absolute Gasteiger partial charge is 0.282 e. The molecule has 1 aliphatic heterocycles. The van der Waals surface area contributed by atoms with E-state index in [9.17, 15) is 4.79 Å². The molecule has 34 heavy (non-hydrogen) atoms. The van der Waals surface area contributed by atoms with Crippen LogP contribution in [0.15, 0.2) is 120 Å². The topological polar surface area (TPSA) is 41.9 Å². The third kappa shape index (κ3) is 4.52. The fourth-order valence-electron chi connectivity index (χ4n) is 3.87. The van der Waals surface area contributed by atoms with Crippen LogP contribution in [0.25, 0.3) is 6.08 Å². The average molecular weight is 445 g/mol. The molecule has 4 heteroatoms. The molecule has 0 fully saturated rings. The normalized spacial score (nSPS) is 14.4. The van der Waals surface area contributed by atoms with Crippen LogP contribution in [0.2, 0.25) is 0 Å². The minimum Gasteiger partial charge on any atom is -0.457 e. The molecule has 0 bridgehead atoms. The minimum atomic E-state index is -0.155. The number of rotatable bonds is 6. The molecule has 0 aliphatic carbocycles. The second-order valence-electron chi connectivity index (χ2n) is 7.98. The summed E-state index contributed by atoms with van der Waals surface area (Å²) in [7, 11) is 0. The maximum absolute atomic E-state index is 13.5. The molecule has 0 N–H and O–H groups in total. The quantitative estimate of drug-likeness (QED) is 0.304. The molecule has 4 nitrogen and oxygen atoms in total. The molecular weight excluding hydrogens is 420 g/mol. The Hall–Kier alpha value is -4.44. The molecule has 166 valence electrons. The fraction of sp³-hybridized carbons (Fsp3) is 0.0667. The predicted octanol–water partition coefficient (Wildman–Crippen LogP) is 6.88. The fourth-order valence-corrected chi connectivity index (χ4v) is 3.87. The van der Waals surface area contributed by atoms with Crippen molar-refractivity contribution in [1.29, 1.82) is 0 Å². The van der Waals surface area contributed by atoms with Gasteiger partial charge in [0, 0.05) is 5.56 Å². The Labute approximate surface area is 199 Å². The average Bonchev–Trinajstić information content (AvgIpc) is 3.21. The Morgan fingerprint density at radius 3 is 2.18 bits per heavy atom. The van der Waals surface area contributed by atoms with Crippen molar-refractivity contribution < 1.29 is 9.53 Å². The van der Waals surface area contributed by atoms with Crippen LogP contribution in [0.3, 0.4) is 0 Å². The summed E-state index contributed by atoms with van der Waals surface area (Å²) in [6, 6.07) is 35.1. The first-order valence-corrected chi connectivity index (χ1v) is 11.3. The molecule has 4 aromatic rings. The van der Waals surface area contributed by atoms with Gasteiger partial charge in [0.25, 0.3) is 5.91 Å². The van der Waals surface area contributed by atoms with Crippen LogP contribution in [0.5, 0.6) is 11.5 Å². The zero-order chi connectivity index (χ0) is 23.3. The number of hydrogen-bond donors (Lipinski definition) is 0. The number of hydrogen-bond acceptors (Lipinski definition) is 3. The van der Waals surface area contributed by atoms with Crippen LogP contribution in [0.1, 0.15) is 23.6 Å². The molecule has 0 atom stereocenters. The van der Waals surface area contributed by atoms with Gasteiger partial charge >= 0.3 is 0 Å². The van der Waals surface area contributed by atoms with Gasteiger partial charge in [-0.15, -0.1) is 0 Å². The summed E-state index contributed by atoms with van der Waals surface area (Å²) in [5.41, 5.74) is 4.14. The van der Waals surface area contributed by atoms with E-state index in [1.165, 1.54) is 5.56 Å². The summed E-state index contributed by atoms with van der Waals surface area (Å²) >= 11 is 0. The highest BCUT2D eigenvalue weighted by Gasteiger charge is 2.32. The van der Waals surface area contributed by atoms with Gasteiger partial charge in [-0.1, -0.05) is 79.7 Å². The largest absolute Gasteiger partial charge is 0.457 e. The van der Waals surface area contributed by atoms with Gasteiger partial charge in [0.05, 0.1) is 5.69 Å². The van der Waals surface area contributed by atoms with Crippen LogP contribution in [0, 0.1) is 0 Å². The van der Waals surface area contributed by atoms with Crippen molar-refractivity contribution in [1.82, 2.24) is 0 Å². The maximum Gasteiger partial charge on any atom is 0.282 e. The van der Waals surface area contributed by atoms with Crippen molar-refractivity contribution in [2.45, 2.75) is 13.3 Å². The third-order valence-corrected chi connectivity index (χ3v) is 5.64. The first-order chi connectivity index (χ1) is 16.7. The lowest BCUT2D eigenvalue weighted by molar-refractivity contribution is -0.113. The van der Waals surface area contributed by atoms with Crippen LogP contribution in [-0.2, 0) is 11.2 Å². The molecule has 0 spiro atoms. The van der Waals surface area contributed by atoms with Gasteiger partial charge in [0.15, 0.2) is 0 Å². The number of amides is 1. The molecular formula is C30H24N2O2. The Balaban J connectivity index is 1.51. The van der Waals surface area contributed by atoms with Gasteiger partial charge in [-0.25, -0.2) is 4.99 Å². The number of aryl methyl sites for hydroxylation is 1. The van der Waals surface area contributed by atoms with Crippen LogP contribution >= 0.6 is 0 Å². The van der Waals surface area contributed by atoms with Gasteiger partial charge in [0.2, 0.25) is 0 Å². The predicted molar refractivity (Wildman–Crippen MR) is 137 cm³/mol. The van der Waals surface area contributed by atoms with Crippen molar-refractivity contribution in [2.75, 3.05) is 4.90 Å². The molecule has 0 aromatic heterocycles. The van der Waals surface area contributed by atoms with Gasteiger partial charge in [0.1, 0.15) is 23.0 Å². The zero-order valence-corrected chi connectivity index (χ0v) is 18.9. The molecule has 1 heterocycles. The lowest BCUT2D eigenvalue weighted by Crippen LogP contribution is -2.32. The maximum atomic E-state index is 13.5. The van der Waals surface area contributed by atoms with E-state index in [0.29, 0.717) is 17.3 Å². The highest BCUT2D eigenvalue weighted by atomic mass is 16.5. The monoisotopic (exact) mass is 444 g/mol. The zero-order valence-electron chi connectivity index (χ0n) is 18.9. The van der Waals surface area contributed by atoms with Crippen molar-refractivity contribution in [3.05, 3.63) is 132 Å². The lowest BCUT2D eigenvalue weighted by atomic mass is 10.1. The van der Waals surface area contributed by atoms with E-state index in [2.05, 4.69) is 19.1 Å². The number of para-hydroxylation sites is 1. The van der Waals surface area contributed by atoms with Crippen LogP contribution < -0.4 is 9.64 Å². The number of carbonyl (C=O) groups is 1. The molecule has 0 saturated heterocycles. The van der Waals surface area contributed by atoms with Crippen molar-refractivity contribution >= 4 is 23.5 Å². The summed E-state index contributed by atoms with van der Waals surface area (Å²) in [5, 5.41) is 0. The molecule has 1 amide bonds. The van der Waals surface area contributed by atoms with E-state index >= 15 is 0 Å². The number of aliphatic imine (C=N–C) groups is 1. The SMILES string of the molecule is CCc1ccc(N2C(=O)C(=Cc3cccc(Oc4ccccc4)c3)N=C2c2ccccc2)cc1. The Morgan fingerprint density at radius 1 is 0.794 bits per heavy atom. The highest BCUT2D eigenvalue weighted by molar-refractivity contribution is 6.33. The number of benzene rings is 4. The van der Waals surface area contributed by atoms with Crippen molar-refractivity contribution in [3.63, 3.8) is 0 Å². The molecule has 0 radical (unpaired) electrons. The third-order valence-electron chi connectivity index (χ3n) is 5.64. The Kier molecular flexibility index (Phi) is 6.04. The number of carbonyl (C=O) groups excluding carboxylic acids is 1.